The predicted octanol–water partition coefficient (Wildman–Crippen LogP) is 3.02. The second-order valence-electron chi connectivity index (χ2n) is 4.18. The van der Waals surface area contributed by atoms with Gasteiger partial charge in [-0.2, -0.15) is 0 Å². The molecule has 2 N–H and O–H groups in total. The minimum atomic E-state index is -1.20. The molecule has 6 heteroatoms. The number of halogens is 1. The molecular formula is C13H13FN2O2S. The summed E-state index contributed by atoms with van der Waals surface area (Å²) in [5.41, 5.74) is -0.155. The highest BCUT2D eigenvalue weighted by Gasteiger charge is 2.15. The van der Waals surface area contributed by atoms with Crippen LogP contribution in [0.4, 0.5) is 10.2 Å². The van der Waals surface area contributed by atoms with E-state index in [1.807, 2.05) is 24.4 Å². The van der Waals surface area contributed by atoms with Crippen LogP contribution in [-0.2, 0) is 6.42 Å². The van der Waals surface area contributed by atoms with Crippen molar-refractivity contribution in [3.63, 3.8) is 0 Å². The van der Waals surface area contributed by atoms with Crippen LogP contribution < -0.4 is 5.32 Å². The first-order valence-electron chi connectivity index (χ1n) is 5.74. The summed E-state index contributed by atoms with van der Waals surface area (Å²) >= 11 is 1.64. The highest BCUT2D eigenvalue weighted by atomic mass is 32.1. The summed E-state index contributed by atoms with van der Waals surface area (Å²) in [5, 5.41) is 14.0. The molecule has 19 heavy (non-hydrogen) atoms. The fourth-order valence-corrected chi connectivity index (χ4v) is 2.57. The molecule has 0 radical (unpaired) electrons. The van der Waals surface area contributed by atoms with Gasteiger partial charge in [0.05, 0.1) is 6.20 Å². The Hall–Kier alpha value is -1.95. The van der Waals surface area contributed by atoms with Gasteiger partial charge in [0.25, 0.3) is 0 Å². The van der Waals surface area contributed by atoms with Crippen LogP contribution in [0.5, 0.6) is 0 Å². The molecule has 0 bridgehead atoms. The van der Waals surface area contributed by atoms with E-state index < -0.39 is 11.8 Å². The lowest BCUT2D eigenvalue weighted by Crippen LogP contribution is -2.20. The van der Waals surface area contributed by atoms with E-state index in [2.05, 4.69) is 10.3 Å². The third kappa shape index (κ3) is 3.51. The van der Waals surface area contributed by atoms with Crippen LogP contribution in [0.15, 0.2) is 29.8 Å². The zero-order valence-electron chi connectivity index (χ0n) is 10.3. The Morgan fingerprint density at radius 1 is 1.63 bits per heavy atom. The van der Waals surface area contributed by atoms with Crippen LogP contribution in [0.2, 0.25) is 0 Å². The van der Waals surface area contributed by atoms with Gasteiger partial charge in [-0.3, -0.25) is 0 Å². The number of hydrogen-bond acceptors (Lipinski definition) is 4. The van der Waals surface area contributed by atoms with E-state index in [-0.39, 0.29) is 17.4 Å². The molecule has 0 aliphatic rings. The number of nitrogens with one attached hydrogen (secondary N) is 1. The minimum absolute atomic E-state index is 0.00899. The SMILES string of the molecule is CC(Cc1cccs1)Nc1ncc(F)cc1C(=O)O. The second-order valence-corrected chi connectivity index (χ2v) is 5.22. The van der Waals surface area contributed by atoms with E-state index in [1.54, 1.807) is 11.3 Å². The number of rotatable bonds is 5. The molecule has 0 aliphatic carbocycles. The number of carboxylic acids is 1. The number of aromatic carboxylic acids is 1. The lowest BCUT2D eigenvalue weighted by atomic mass is 10.2. The summed E-state index contributed by atoms with van der Waals surface area (Å²) in [7, 11) is 0. The monoisotopic (exact) mass is 280 g/mol. The van der Waals surface area contributed by atoms with Crippen molar-refractivity contribution in [3.8, 4) is 0 Å². The fraction of sp³-hybridized carbons (Fsp3) is 0.231. The molecule has 4 nitrogen and oxygen atoms in total. The first-order chi connectivity index (χ1) is 9.06. The number of anilines is 1. The van der Waals surface area contributed by atoms with Crippen LogP contribution in [0, 0.1) is 5.82 Å². The Balaban J connectivity index is 2.12. The van der Waals surface area contributed by atoms with E-state index in [1.165, 1.54) is 4.88 Å². The number of nitrogens with zero attached hydrogens (tertiary/aromatic N) is 1. The van der Waals surface area contributed by atoms with E-state index >= 15 is 0 Å². The summed E-state index contributed by atoms with van der Waals surface area (Å²) < 4.78 is 13.0. The summed E-state index contributed by atoms with van der Waals surface area (Å²) in [5.74, 6) is -1.66. The van der Waals surface area contributed by atoms with Gasteiger partial charge in [0.15, 0.2) is 0 Å². The van der Waals surface area contributed by atoms with Crippen molar-refractivity contribution in [2.75, 3.05) is 5.32 Å². The summed E-state index contributed by atoms with van der Waals surface area (Å²) in [6, 6.07) is 4.95. The van der Waals surface area contributed by atoms with Crippen molar-refractivity contribution in [2.24, 2.45) is 0 Å². The van der Waals surface area contributed by atoms with E-state index in [0.29, 0.717) is 0 Å². The topological polar surface area (TPSA) is 62.2 Å². The van der Waals surface area contributed by atoms with Crippen molar-refractivity contribution < 1.29 is 14.3 Å². The first kappa shape index (κ1) is 13.5. The van der Waals surface area contributed by atoms with Gasteiger partial charge in [0, 0.05) is 17.3 Å². The van der Waals surface area contributed by atoms with Crippen molar-refractivity contribution in [2.45, 2.75) is 19.4 Å². The molecule has 100 valence electrons. The van der Waals surface area contributed by atoms with Crippen LogP contribution in [-0.4, -0.2) is 22.1 Å². The lowest BCUT2D eigenvalue weighted by molar-refractivity contribution is 0.0697. The van der Waals surface area contributed by atoms with Gasteiger partial charge in [0.2, 0.25) is 0 Å². The number of thiophene rings is 1. The van der Waals surface area contributed by atoms with E-state index in [4.69, 9.17) is 5.11 Å². The number of carbonyl (C=O) groups is 1. The molecule has 2 heterocycles. The molecule has 0 aliphatic heterocycles. The Morgan fingerprint density at radius 3 is 3.05 bits per heavy atom. The molecule has 2 aromatic heterocycles. The molecule has 1 atom stereocenters. The molecule has 0 saturated carbocycles. The van der Waals surface area contributed by atoms with Crippen molar-refractivity contribution >= 4 is 23.1 Å². The summed E-state index contributed by atoms with van der Waals surface area (Å²) in [4.78, 5) is 16.0. The Labute approximate surface area is 113 Å². The van der Waals surface area contributed by atoms with Crippen LogP contribution >= 0.6 is 11.3 Å². The first-order valence-corrected chi connectivity index (χ1v) is 6.62. The summed E-state index contributed by atoms with van der Waals surface area (Å²) in [6.07, 6.45) is 1.77. The molecule has 0 aromatic carbocycles. The quantitative estimate of drug-likeness (QED) is 0.883. The highest BCUT2D eigenvalue weighted by molar-refractivity contribution is 7.09. The molecule has 0 spiro atoms. The smallest absolute Gasteiger partial charge is 0.339 e. The van der Waals surface area contributed by atoms with Gasteiger partial charge in [-0.25, -0.2) is 14.2 Å². The van der Waals surface area contributed by atoms with Gasteiger partial charge < -0.3 is 10.4 Å². The maximum absolute atomic E-state index is 13.0. The van der Waals surface area contributed by atoms with Crippen LogP contribution in [0.25, 0.3) is 0 Å². The lowest BCUT2D eigenvalue weighted by Gasteiger charge is -2.15. The fourth-order valence-electron chi connectivity index (χ4n) is 1.73. The van der Waals surface area contributed by atoms with Gasteiger partial charge in [0.1, 0.15) is 17.2 Å². The van der Waals surface area contributed by atoms with Crippen molar-refractivity contribution in [1.29, 1.82) is 0 Å². The molecule has 2 aromatic rings. The van der Waals surface area contributed by atoms with E-state index in [9.17, 15) is 9.18 Å². The maximum Gasteiger partial charge on any atom is 0.339 e. The zero-order valence-corrected chi connectivity index (χ0v) is 11.1. The molecular weight excluding hydrogens is 267 g/mol. The Kier molecular flexibility index (Phi) is 4.11. The Bertz CT molecular complexity index is 572. The molecule has 2 rings (SSSR count). The van der Waals surface area contributed by atoms with E-state index in [0.717, 1.165) is 18.7 Å². The molecule has 1 unspecified atom stereocenters. The average molecular weight is 280 g/mol. The van der Waals surface area contributed by atoms with Gasteiger partial charge in [-0.15, -0.1) is 11.3 Å². The molecule has 0 saturated heterocycles. The normalized spacial score (nSPS) is 12.1. The van der Waals surface area contributed by atoms with Gasteiger partial charge >= 0.3 is 5.97 Å². The number of pyridine rings is 1. The Morgan fingerprint density at radius 2 is 2.42 bits per heavy atom. The number of aromatic nitrogens is 1. The zero-order chi connectivity index (χ0) is 13.8. The van der Waals surface area contributed by atoms with Gasteiger partial charge in [-0.1, -0.05) is 6.07 Å². The highest BCUT2D eigenvalue weighted by Crippen LogP contribution is 2.17. The third-order valence-electron chi connectivity index (χ3n) is 2.56. The number of carboxylic acid groups (broad SMARTS) is 1. The van der Waals surface area contributed by atoms with Crippen molar-refractivity contribution in [1.82, 2.24) is 4.98 Å². The number of hydrogen-bond donors (Lipinski definition) is 2. The minimum Gasteiger partial charge on any atom is -0.478 e. The van der Waals surface area contributed by atoms with Crippen LogP contribution in [0.1, 0.15) is 22.2 Å². The van der Waals surface area contributed by atoms with Gasteiger partial charge in [-0.05, 0) is 24.4 Å². The molecule has 0 fully saturated rings. The summed E-state index contributed by atoms with van der Waals surface area (Å²) in [6.45, 7) is 1.93. The maximum atomic E-state index is 13.0. The third-order valence-corrected chi connectivity index (χ3v) is 3.45. The standard InChI is InChI=1S/C13H13FN2O2S/c1-8(5-10-3-2-4-19-10)16-12-11(13(17)18)6-9(14)7-15-12/h2-4,6-8H,5H2,1H3,(H,15,16)(H,17,18). The van der Waals surface area contributed by atoms with Crippen molar-refractivity contribution in [3.05, 3.63) is 46.0 Å². The predicted molar refractivity (Wildman–Crippen MR) is 72.3 cm³/mol. The molecule has 0 amide bonds. The largest absolute Gasteiger partial charge is 0.478 e. The second kappa shape index (κ2) is 5.79. The average Bonchev–Trinajstić information content (AvgIpc) is 2.83. The van der Waals surface area contributed by atoms with Crippen LogP contribution in [0.3, 0.4) is 0 Å².